The number of allylic oxidation sites excluding steroid dienone is 4. The summed E-state index contributed by atoms with van der Waals surface area (Å²) in [6, 6.07) is 0. The number of fused-ring (bicyclic) bond motifs is 5. The van der Waals surface area contributed by atoms with Gasteiger partial charge in [0.15, 0.2) is 11.6 Å². The van der Waals surface area contributed by atoms with E-state index < -0.39 is 17.1 Å². The number of carbonyl (C=O) groups excluding carboxylic acids is 2. The predicted molar refractivity (Wildman–Crippen MR) is 112 cm³/mol. The summed E-state index contributed by atoms with van der Waals surface area (Å²) in [7, 11) is 0. The molecular weight excluding hydrogens is 364 g/mol. The highest BCUT2D eigenvalue weighted by Crippen LogP contribution is 2.68. The molecule has 0 aromatic rings. The molecule has 3 fully saturated rings. The van der Waals surface area contributed by atoms with Gasteiger partial charge < -0.3 is 10.2 Å². The summed E-state index contributed by atoms with van der Waals surface area (Å²) in [5.74, 6) is 0.551. The highest BCUT2D eigenvalue weighted by Gasteiger charge is 2.70. The summed E-state index contributed by atoms with van der Waals surface area (Å²) < 4.78 is 0. The minimum atomic E-state index is -1.37. The van der Waals surface area contributed by atoms with Gasteiger partial charge in [0, 0.05) is 23.2 Å². The Bertz CT molecular complexity index is 795. The number of aliphatic hydroxyl groups is 2. The van der Waals surface area contributed by atoms with Crippen molar-refractivity contribution in [2.45, 2.75) is 78.4 Å². The molecule has 4 aliphatic rings. The molecule has 0 heterocycles. The van der Waals surface area contributed by atoms with Crippen molar-refractivity contribution in [2.24, 2.45) is 40.4 Å². The Hall–Kier alpha value is -1.26. The van der Waals surface area contributed by atoms with Gasteiger partial charge in [-0.1, -0.05) is 46.3 Å². The third-order valence-electron chi connectivity index (χ3n) is 9.10. The van der Waals surface area contributed by atoms with Crippen molar-refractivity contribution in [1.82, 2.24) is 0 Å². The monoisotopic (exact) mass is 400 g/mol. The van der Waals surface area contributed by atoms with Crippen LogP contribution in [-0.2, 0) is 9.59 Å². The summed E-state index contributed by atoms with van der Waals surface area (Å²) >= 11 is 0. The molecule has 0 bridgehead atoms. The van der Waals surface area contributed by atoms with E-state index in [0.717, 1.165) is 24.8 Å². The van der Waals surface area contributed by atoms with Crippen molar-refractivity contribution in [1.29, 1.82) is 0 Å². The summed E-state index contributed by atoms with van der Waals surface area (Å²) in [6.07, 6.45) is 8.20. The maximum atomic E-state index is 13.3. The zero-order valence-corrected chi connectivity index (χ0v) is 18.4. The minimum Gasteiger partial charge on any atom is -0.393 e. The molecular formula is C25H36O4. The van der Waals surface area contributed by atoms with Crippen LogP contribution >= 0.6 is 0 Å². The van der Waals surface area contributed by atoms with E-state index >= 15 is 0 Å². The molecule has 0 aromatic carbocycles. The maximum absolute atomic E-state index is 13.3. The third kappa shape index (κ3) is 2.71. The van der Waals surface area contributed by atoms with E-state index in [4.69, 9.17) is 0 Å². The lowest BCUT2D eigenvalue weighted by Crippen LogP contribution is -2.62. The first-order valence-electron chi connectivity index (χ1n) is 11.3. The van der Waals surface area contributed by atoms with Gasteiger partial charge in [-0.25, -0.2) is 0 Å². The van der Waals surface area contributed by atoms with Crippen molar-refractivity contribution >= 4 is 11.6 Å². The molecule has 4 rings (SSSR count). The molecule has 2 N–H and O–H groups in total. The first kappa shape index (κ1) is 21.0. The van der Waals surface area contributed by atoms with Crippen LogP contribution in [0.3, 0.4) is 0 Å². The van der Waals surface area contributed by atoms with Crippen LogP contribution < -0.4 is 0 Å². The van der Waals surface area contributed by atoms with E-state index in [2.05, 4.69) is 6.92 Å². The predicted octanol–water partition coefficient (Wildman–Crippen LogP) is 3.86. The van der Waals surface area contributed by atoms with Gasteiger partial charge in [0.25, 0.3) is 0 Å². The van der Waals surface area contributed by atoms with E-state index in [9.17, 15) is 19.8 Å². The fourth-order valence-electron chi connectivity index (χ4n) is 7.78. The van der Waals surface area contributed by atoms with Crippen molar-refractivity contribution in [3.63, 3.8) is 0 Å². The van der Waals surface area contributed by atoms with Gasteiger partial charge in [-0.3, -0.25) is 9.59 Å². The lowest BCUT2D eigenvalue weighted by Gasteiger charge is -2.59. The van der Waals surface area contributed by atoms with E-state index in [1.807, 2.05) is 33.8 Å². The van der Waals surface area contributed by atoms with Crippen LogP contribution in [0.15, 0.2) is 23.8 Å². The van der Waals surface area contributed by atoms with Crippen molar-refractivity contribution < 1.29 is 19.8 Å². The highest BCUT2D eigenvalue weighted by atomic mass is 16.3. The molecule has 0 saturated heterocycles. The molecule has 0 aliphatic heterocycles. The Balaban J connectivity index is 1.74. The smallest absolute Gasteiger partial charge is 0.178 e. The van der Waals surface area contributed by atoms with Gasteiger partial charge in [-0.15, -0.1) is 0 Å². The van der Waals surface area contributed by atoms with E-state index in [0.29, 0.717) is 12.8 Å². The quantitative estimate of drug-likeness (QED) is 0.754. The molecule has 4 nitrogen and oxygen atoms in total. The summed E-state index contributed by atoms with van der Waals surface area (Å²) in [5, 5.41) is 23.2. The molecule has 160 valence electrons. The molecule has 0 amide bonds. The molecule has 0 radical (unpaired) electrons. The van der Waals surface area contributed by atoms with E-state index in [-0.39, 0.29) is 46.6 Å². The average Bonchev–Trinajstić information content (AvgIpc) is 2.82. The first-order valence-corrected chi connectivity index (χ1v) is 11.3. The zero-order chi connectivity index (χ0) is 21.4. The van der Waals surface area contributed by atoms with Crippen LogP contribution in [0.25, 0.3) is 0 Å². The first-order chi connectivity index (χ1) is 13.4. The van der Waals surface area contributed by atoms with E-state index in [1.54, 1.807) is 12.2 Å². The van der Waals surface area contributed by atoms with E-state index in [1.165, 1.54) is 0 Å². The number of rotatable bonds is 3. The van der Waals surface area contributed by atoms with Crippen LogP contribution in [0.5, 0.6) is 0 Å². The molecule has 0 aromatic heterocycles. The SMILES string of the molecule is CC(C)CC(=O)[C@@]1(O)[C@@H](C)C[C@H]2[C@@H]3CCC4=CC(=O)C=C[C@]4(C)[C@H]3[C@@H](O)C[C@@]21C. The number of carbonyl (C=O) groups is 2. The van der Waals surface area contributed by atoms with Gasteiger partial charge in [0.2, 0.25) is 0 Å². The lowest BCUT2D eigenvalue weighted by atomic mass is 9.46. The van der Waals surface area contributed by atoms with Gasteiger partial charge in [-0.2, -0.15) is 0 Å². The second kappa shape index (κ2) is 6.62. The normalized spacial score (nSPS) is 48.8. The summed E-state index contributed by atoms with van der Waals surface area (Å²) in [5.41, 5.74) is -1.16. The standard InChI is InChI=1S/C25H36O4/c1-14(2)10-21(28)25(29)15(3)11-19-18-7-6-16-12-17(26)8-9-23(16,4)22(18)20(27)13-24(19,25)5/h8-9,12,14-15,18-20,22,27,29H,6-7,10-11,13H2,1-5H3/t15-,18-,19-,20-,22+,23-,24-,25-/m0/s1. The Morgan fingerprint density at radius 2 is 2.00 bits per heavy atom. The zero-order valence-electron chi connectivity index (χ0n) is 18.4. The Kier molecular flexibility index (Phi) is 4.79. The van der Waals surface area contributed by atoms with Gasteiger partial charge in [-0.05, 0) is 61.5 Å². The van der Waals surface area contributed by atoms with Crippen LogP contribution in [0, 0.1) is 40.4 Å². The molecule has 3 saturated carbocycles. The average molecular weight is 401 g/mol. The van der Waals surface area contributed by atoms with Gasteiger partial charge in [0.05, 0.1) is 6.10 Å². The number of Topliss-reactive ketones (excluding diaryl/α,β-unsaturated/α-hetero) is 1. The third-order valence-corrected chi connectivity index (χ3v) is 9.10. The Labute approximate surface area is 174 Å². The maximum Gasteiger partial charge on any atom is 0.178 e. The number of aliphatic hydroxyl groups excluding tert-OH is 1. The minimum absolute atomic E-state index is 0.0275. The van der Waals surface area contributed by atoms with Crippen molar-refractivity contribution in [3.05, 3.63) is 23.8 Å². The fourth-order valence-corrected chi connectivity index (χ4v) is 7.78. The molecule has 0 unspecified atom stereocenters. The highest BCUT2D eigenvalue weighted by molar-refractivity contribution is 6.01. The molecule has 0 spiro atoms. The molecule has 29 heavy (non-hydrogen) atoms. The van der Waals surface area contributed by atoms with Crippen LogP contribution in [0.1, 0.15) is 66.7 Å². The van der Waals surface area contributed by atoms with Crippen molar-refractivity contribution in [2.75, 3.05) is 0 Å². The Morgan fingerprint density at radius 1 is 1.31 bits per heavy atom. The van der Waals surface area contributed by atoms with Crippen LogP contribution in [0.4, 0.5) is 0 Å². The fraction of sp³-hybridized carbons (Fsp3) is 0.760. The Morgan fingerprint density at radius 3 is 2.66 bits per heavy atom. The van der Waals surface area contributed by atoms with Crippen LogP contribution in [0.2, 0.25) is 0 Å². The summed E-state index contributed by atoms with van der Waals surface area (Å²) in [4.78, 5) is 25.2. The van der Waals surface area contributed by atoms with Gasteiger partial charge in [0.1, 0.15) is 5.60 Å². The topological polar surface area (TPSA) is 74.6 Å². The second-order valence-corrected chi connectivity index (χ2v) is 11.1. The van der Waals surface area contributed by atoms with Crippen LogP contribution in [-0.4, -0.2) is 33.5 Å². The molecule has 4 aliphatic carbocycles. The number of hydrogen-bond donors (Lipinski definition) is 2. The summed E-state index contributed by atoms with van der Waals surface area (Å²) in [6.45, 7) is 10.2. The molecule has 4 heteroatoms. The lowest BCUT2D eigenvalue weighted by molar-refractivity contribution is -0.182. The second-order valence-electron chi connectivity index (χ2n) is 11.1. The van der Waals surface area contributed by atoms with Gasteiger partial charge >= 0.3 is 0 Å². The number of hydrogen-bond acceptors (Lipinski definition) is 4. The largest absolute Gasteiger partial charge is 0.393 e. The molecule has 8 atom stereocenters. The van der Waals surface area contributed by atoms with Crippen molar-refractivity contribution in [3.8, 4) is 0 Å². The number of ketones is 2.